The normalized spacial score (nSPS) is 10.9. The Labute approximate surface area is 186 Å². The number of anilines is 1. The van der Waals surface area contributed by atoms with Crippen molar-refractivity contribution in [1.82, 2.24) is 19.7 Å². The molecule has 0 radical (unpaired) electrons. The van der Waals surface area contributed by atoms with Gasteiger partial charge >= 0.3 is 0 Å². The zero-order chi connectivity index (χ0) is 22.0. The van der Waals surface area contributed by atoms with Crippen LogP contribution in [0.5, 0.6) is 5.75 Å². The predicted molar refractivity (Wildman–Crippen MR) is 122 cm³/mol. The lowest BCUT2D eigenvalue weighted by Crippen LogP contribution is -2.22. The number of thioether (sulfide) groups is 1. The van der Waals surface area contributed by atoms with Gasteiger partial charge < -0.3 is 10.1 Å². The van der Waals surface area contributed by atoms with Gasteiger partial charge in [-0.15, -0.1) is 0 Å². The molecule has 0 unspecified atom stereocenters. The lowest BCUT2D eigenvalue weighted by atomic mass is 10.2. The minimum Gasteiger partial charge on any atom is -0.495 e. The van der Waals surface area contributed by atoms with E-state index in [0.29, 0.717) is 32.6 Å². The second-order valence-electron chi connectivity index (χ2n) is 6.64. The number of hydrogen-bond donors (Lipinski definition) is 2. The highest BCUT2D eigenvalue weighted by molar-refractivity contribution is 7.99. The van der Waals surface area contributed by atoms with E-state index in [4.69, 9.17) is 16.3 Å². The maximum atomic E-state index is 13.1. The molecule has 4 rings (SSSR count). The van der Waals surface area contributed by atoms with Crippen molar-refractivity contribution >= 4 is 46.0 Å². The average molecular weight is 456 g/mol. The molecular weight excluding hydrogens is 438 g/mol. The number of nitrogens with one attached hydrogen (secondary N) is 2. The lowest BCUT2D eigenvalue weighted by Gasteiger charge is -2.13. The van der Waals surface area contributed by atoms with E-state index in [1.807, 2.05) is 31.2 Å². The molecule has 0 saturated heterocycles. The van der Waals surface area contributed by atoms with Crippen LogP contribution in [0.25, 0.3) is 16.7 Å². The first-order chi connectivity index (χ1) is 15.0. The average Bonchev–Trinajstić information content (AvgIpc) is 3.23. The van der Waals surface area contributed by atoms with Crippen molar-refractivity contribution in [3.8, 4) is 11.4 Å². The van der Waals surface area contributed by atoms with E-state index in [0.717, 1.165) is 23.0 Å². The van der Waals surface area contributed by atoms with Gasteiger partial charge in [0.25, 0.3) is 5.56 Å². The molecule has 0 aliphatic rings. The van der Waals surface area contributed by atoms with Crippen molar-refractivity contribution in [2.24, 2.45) is 0 Å². The van der Waals surface area contributed by atoms with Gasteiger partial charge in [0.05, 0.1) is 29.8 Å². The molecule has 0 aliphatic carbocycles. The van der Waals surface area contributed by atoms with Gasteiger partial charge in [0.1, 0.15) is 11.1 Å². The molecule has 0 aliphatic heterocycles. The van der Waals surface area contributed by atoms with Crippen molar-refractivity contribution < 1.29 is 9.53 Å². The number of hydrogen-bond acceptors (Lipinski definition) is 6. The number of aromatic nitrogens is 4. The number of amides is 1. The van der Waals surface area contributed by atoms with Gasteiger partial charge in [-0.25, -0.2) is 4.98 Å². The van der Waals surface area contributed by atoms with Crippen LogP contribution in [0.1, 0.15) is 5.56 Å². The van der Waals surface area contributed by atoms with Gasteiger partial charge in [0, 0.05) is 5.69 Å². The smallest absolute Gasteiger partial charge is 0.269 e. The molecule has 158 valence electrons. The molecule has 2 aromatic heterocycles. The number of aromatic amines is 1. The van der Waals surface area contributed by atoms with E-state index in [1.165, 1.54) is 17.9 Å². The fourth-order valence-electron chi connectivity index (χ4n) is 3.02. The summed E-state index contributed by atoms with van der Waals surface area (Å²) in [7, 11) is 1.51. The third kappa shape index (κ3) is 4.28. The summed E-state index contributed by atoms with van der Waals surface area (Å²) in [6.07, 6.45) is 1.42. The molecule has 0 saturated carbocycles. The van der Waals surface area contributed by atoms with Crippen LogP contribution in [0.2, 0.25) is 5.02 Å². The summed E-state index contributed by atoms with van der Waals surface area (Å²) in [5.41, 5.74) is 2.24. The Balaban J connectivity index is 1.67. The van der Waals surface area contributed by atoms with Crippen molar-refractivity contribution in [2.75, 3.05) is 18.2 Å². The van der Waals surface area contributed by atoms with E-state index in [9.17, 15) is 9.59 Å². The first kappa shape index (κ1) is 21.0. The fraction of sp³-hybridized carbons (Fsp3) is 0.143. The van der Waals surface area contributed by atoms with Crippen molar-refractivity contribution in [3.63, 3.8) is 0 Å². The lowest BCUT2D eigenvalue weighted by molar-refractivity contribution is -0.113. The Morgan fingerprint density at radius 1 is 1.29 bits per heavy atom. The van der Waals surface area contributed by atoms with Crippen molar-refractivity contribution in [2.45, 2.75) is 12.1 Å². The Morgan fingerprint density at radius 3 is 2.84 bits per heavy atom. The molecule has 2 N–H and O–H groups in total. The second kappa shape index (κ2) is 8.83. The third-order valence-electron chi connectivity index (χ3n) is 4.60. The zero-order valence-electron chi connectivity index (χ0n) is 16.7. The number of benzene rings is 2. The third-order valence-corrected chi connectivity index (χ3v) is 5.83. The molecular formula is C21H18ClN5O3S. The van der Waals surface area contributed by atoms with Crippen LogP contribution in [0.4, 0.5) is 5.69 Å². The van der Waals surface area contributed by atoms with Gasteiger partial charge in [-0.3, -0.25) is 19.3 Å². The van der Waals surface area contributed by atoms with Gasteiger partial charge in [-0.05, 0) is 36.8 Å². The number of para-hydroxylation sites is 1. The van der Waals surface area contributed by atoms with Gasteiger partial charge in [0.2, 0.25) is 5.91 Å². The number of fused-ring (bicyclic) bond motifs is 1. The van der Waals surface area contributed by atoms with E-state index >= 15 is 0 Å². The van der Waals surface area contributed by atoms with Crippen LogP contribution in [-0.2, 0) is 4.79 Å². The maximum Gasteiger partial charge on any atom is 0.269 e. The molecule has 10 heteroatoms. The number of halogens is 1. The summed E-state index contributed by atoms with van der Waals surface area (Å²) >= 11 is 7.40. The SMILES string of the molecule is COc1ccc(-n2c(SCC(=O)Nc3ccccc3C)nc3[nH]ncc3c2=O)cc1Cl. The number of methoxy groups -OCH3 is 1. The predicted octanol–water partition coefficient (Wildman–Crippen LogP) is 3.81. The van der Waals surface area contributed by atoms with Crippen LogP contribution < -0.4 is 15.6 Å². The minimum atomic E-state index is -0.318. The van der Waals surface area contributed by atoms with Crippen LogP contribution in [0, 0.1) is 6.92 Å². The highest BCUT2D eigenvalue weighted by Gasteiger charge is 2.17. The minimum absolute atomic E-state index is 0.0598. The number of H-pyrrole nitrogens is 1. The van der Waals surface area contributed by atoms with Gasteiger partial charge in [0.15, 0.2) is 10.8 Å². The number of rotatable bonds is 6. The first-order valence-electron chi connectivity index (χ1n) is 9.26. The van der Waals surface area contributed by atoms with Crippen LogP contribution in [0.15, 0.2) is 58.6 Å². The summed E-state index contributed by atoms with van der Waals surface area (Å²) < 4.78 is 6.60. The fourth-order valence-corrected chi connectivity index (χ4v) is 4.08. The second-order valence-corrected chi connectivity index (χ2v) is 7.99. The number of aryl methyl sites for hydroxylation is 1. The summed E-state index contributed by atoms with van der Waals surface area (Å²) in [6, 6.07) is 12.5. The van der Waals surface area contributed by atoms with Crippen LogP contribution in [0.3, 0.4) is 0 Å². The number of nitrogens with zero attached hydrogens (tertiary/aromatic N) is 3. The molecule has 2 aromatic carbocycles. The Kier molecular flexibility index (Phi) is 5.97. The van der Waals surface area contributed by atoms with Gasteiger partial charge in [-0.1, -0.05) is 41.6 Å². The van der Waals surface area contributed by atoms with Crippen LogP contribution >= 0.6 is 23.4 Å². The number of ether oxygens (including phenoxy) is 1. The summed E-state index contributed by atoms with van der Waals surface area (Å²) in [5.74, 6) is 0.338. The van der Waals surface area contributed by atoms with E-state index in [1.54, 1.807) is 18.2 Å². The standard InChI is InChI=1S/C21H18ClN5O3S/c1-12-5-3-4-6-16(12)24-18(28)11-31-21-25-19-14(10-23-26-19)20(29)27(21)13-7-8-17(30-2)15(22)9-13/h3-10H,11H2,1-2H3,(H,23,26)(H,24,28). The maximum absolute atomic E-state index is 13.1. The zero-order valence-corrected chi connectivity index (χ0v) is 18.3. The van der Waals surface area contributed by atoms with Crippen LogP contribution in [-0.4, -0.2) is 38.5 Å². The first-order valence-corrected chi connectivity index (χ1v) is 10.6. The molecule has 0 spiro atoms. The number of carbonyl (C=O) groups is 1. The summed E-state index contributed by atoms with van der Waals surface area (Å²) in [4.78, 5) is 30.1. The molecule has 0 atom stereocenters. The number of carbonyl (C=O) groups excluding carboxylic acids is 1. The summed E-state index contributed by atoms with van der Waals surface area (Å²) in [6.45, 7) is 1.92. The molecule has 2 heterocycles. The molecule has 8 nitrogen and oxygen atoms in total. The quantitative estimate of drug-likeness (QED) is 0.338. The molecule has 0 fully saturated rings. The topological polar surface area (TPSA) is 102 Å². The largest absolute Gasteiger partial charge is 0.495 e. The van der Waals surface area contributed by atoms with E-state index in [2.05, 4.69) is 20.5 Å². The van der Waals surface area contributed by atoms with Gasteiger partial charge in [-0.2, -0.15) is 5.10 Å². The Morgan fingerprint density at radius 2 is 2.10 bits per heavy atom. The van der Waals surface area contributed by atoms with E-state index < -0.39 is 0 Å². The molecule has 4 aromatic rings. The van der Waals surface area contributed by atoms with Crippen molar-refractivity contribution in [1.29, 1.82) is 0 Å². The Bertz CT molecular complexity index is 1330. The summed E-state index contributed by atoms with van der Waals surface area (Å²) in [5, 5.41) is 10.5. The molecule has 1 amide bonds. The monoisotopic (exact) mass is 455 g/mol. The molecule has 0 bridgehead atoms. The Hall–Kier alpha value is -3.30. The van der Waals surface area contributed by atoms with E-state index in [-0.39, 0.29) is 17.2 Å². The molecule has 31 heavy (non-hydrogen) atoms. The highest BCUT2D eigenvalue weighted by Crippen LogP contribution is 2.28. The van der Waals surface area contributed by atoms with Crippen molar-refractivity contribution in [3.05, 3.63) is 69.6 Å². The highest BCUT2D eigenvalue weighted by atomic mass is 35.5.